The molecule has 4 nitrogen and oxygen atoms in total. The Morgan fingerprint density at radius 3 is 2.82 bits per heavy atom. The van der Waals surface area contributed by atoms with Crippen molar-refractivity contribution < 1.29 is 9.53 Å². The molecule has 5 heteroatoms. The van der Waals surface area contributed by atoms with E-state index in [-0.39, 0.29) is 5.91 Å². The molecule has 1 heterocycles. The van der Waals surface area contributed by atoms with Gasteiger partial charge < -0.3 is 4.74 Å². The van der Waals surface area contributed by atoms with Gasteiger partial charge in [-0.25, -0.2) is 5.01 Å². The SMILES string of the molecule is Cc1ccc(S)cc1C(=O)NN1CCOCC1. The highest BCUT2D eigenvalue weighted by molar-refractivity contribution is 7.80. The number of rotatable bonds is 2. The number of benzene rings is 1. The van der Waals surface area contributed by atoms with Crippen molar-refractivity contribution in [3.63, 3.8) is 0 Å². The zero-order valence-electron chi connectivity index (χ0n) is 9.77. The van der Waals surface area contributed by atoms with E-state index in [1.54, 1.807) is 6.07 Å². The fourth-order valence-electron chi connectivity index (χ4n) is 1.73. The van der Waals surface area contributed by atoms with Crippen molar-refractivity contribution in [1.82, 2.24) is 10.4 Å². The van der Waals surface area contributed by atoms with Gasteiger partial charge in [0, 0.05) is 23.5 Å². The first-order chi connectivity index (χ1) is 8.16. The van der Waals surface area contributed by atoms with Crippen molar-refractivity contribution in [2.45, 2.75) is 11.8 Å². The molecule has 0 aromatic heterocycles. The van der Waals surface area contributed by atoms with Crippen molar-refractivity contribution >= 4 is 18.5 Å². The van der Waals surface area contributed by atoms with Crippen LogP contribution in [0.25, 0.3) is 0 Å². The first kappa shape index (κ1) is 12.4. The van der Waals surface area contributed by atoms with E-state index in [2.05, 4.69) is 18.1 Å². The lowest BCUT2D eigenvalue weighted by Crippen LogP contribution is -2.48. The van der Waals surface area contributed by atoms with Gasteiger partial charge in [-0.2, -0.15) is 0 Å². The Bertz CT molecular complexity index is 417. The van der Waals surface area contributed by atoms with Gasteiger partial charge in [-0.05, 0) is 24.6 Å². The molecule has 0 saturated carbocycles. The fraction of sp³-hybridized carbons (Fsp3) is 0.417. The molecule has 1 fully saturated rings. The van der Waals surface area contributed by atoms with Crippen molar-refractivity contribution in [3.8, 4) is 0 Å². The Balaban J connectivity index is 2.05. The fourth-order valence-corrected chi connectivity index (χ4v) is 1.94. The van der Waals surface area contributed by atoms with E-state index >= 15 is 0 Å². The summed E-state index contributed by atoms with van der Waals surface area (Å²) in [7, 11) is 0. The van der Waals surface area contributed by atoms with Gasteiger partial charge >= 0.3 is 0 Å². The molecule has 92 valence electrons. The summed E-state index contributed by atoms with van der Waals surface area (Å²) in [6, 6.07) is 5.56. The smallest absolute Gasteiger partial charge is 0.265 e. The van der Waals surface area contributed by atoms with Crippen LogP contribution in [0.5, 0.6) is 0 Å². The second-order valence-corrected chi connectivity index (χ2v) is 4.56. The Morgan fingerprint density at radius 2 is 2.12 bits per heavy atom. The number of amides is 1. The molecule has 0 unspecified atom stereocenters. The maximum absolute atomic E-state index is 12.1. The number of hydrogen-bond acceptors (Lipinski definition) is 4. The van der Waals surface area contributed by atoms with Crippen LogP contribution in [0.3, 0.4) is 0 Å². The molecule has 0 atom stereocenters. The molecule has 2 rings (SSSR count). The molecule has 1 N–H and O–H groups in total. The predicted octanol–water partition coefficient (Wildman–Crippen LogP) is 1.26. The summed E-state index contributed by atoms with van der Waals surface area (Å²) in [5.41, 5.74) is 4.51. The zero-order chi connectivity index (χ0) is 12.3. The highest BCUT2D eigenvalue weighted by atomic mass is 32.1. The van der Waals surface area contributed by atoms with Crippen LogP contribution < -0.4 is 5.43 Å². The summed E-state index contributed by atoms with van der Waals surface area (Å²) in [5.74, 6) is -0.0831. The molecule has 1 aliphatic heterocycles. The first-order valence-corrected chi connectivity index (χ1v) is 6.05. The van der Waals surface area contributed by atoms with Gasteiger partial charge in [0.05, 0.1) is 13.2 Å². The van der Waals surface area contributed by atoms with Crippen LogP contribution in [0.1, 0.15) is 15.9 Å². The van der Waals surface area contributed by atoms with Gasteiger partial charge in [0.15, 0.2) is 0 Å². The molecule has 0 bridgehead atoms. The Kier molecular flexibility index (Phi) is 4.04. The Hall–Kier alpha value is -1.04. The van der Waals surface area contributed by atoms with Crippen LogP contribution in [0, 0.1) is 6.92 Å². The normalized spacial score (nSPS) is 16.8. The van der Waals surface area contributed by atoms with E-state index in [4.69, 9.17) is 4.74 Å². The largest absolute Gasteiger partial charge is 0.379 e. The Labute approximate surface area is 106 Å². The maximum Gasteiger partial charge on any atom is 0.265 e. The molecule has 1 aromatic carbocycles. The van der Waals surface area contributed by atoms with Crippen molar-refractivity contribution in [3.05, 3.63) is 29.3 Å². The highest BCUT2D eigenvalue weighted by Gasteiger charge is 2.15. The lowest BCUT2D eigenvalue weighted by Gasteiger charge is -2.27. The summed E-state index contributed by atoms with van der Waals surface area (Å²) in [6.07, 6.45) is 0. The number of nitrogens with zero attached hydrogens (tertiary/aromatic N) is 1. The molecule has 1 aromatic rings. The number of thiol groups is 1. The molecule has 17 heavy (non-hydrogen) atoms. The first-order valence-electron chi connectivity index (χ1n) is 5.60. The van der Waals surface area contributed by atoms with Crippen LogP contribution >= 0.6 is 12.6 Å². The minimum atomic E-state index is -0.0831. The maximum atomic E-state index is 12.1. The number of ether oxygens (including phenoxy) is 1. The number of aryl methyl sites for hydroxylation is 1. The summed E-state index contributed by atoms with van der Waals surface area (Å²) < 4.78 is 5.22. The summed E-state index contributed by atoms with van der Waals surface area (Å²) >= 11 is 4.25. The third-order valence-electron chi connectivity index (χ3n) is 2.74. The molecular weight excluding hydrogens is 236 g/mol. The third-order valence-corrected chi connectivity index (χ3v) is 3.01. The second kappa shape index (κ2) is 5.53. The van der Waals surface area contributed by atoms with Crippen molar-refractivity contribution in [2.75, 3.05) is 26.3 Å². The lowest BCUT2D eigenvalue weighted by molar-refractivity contribution is 0.0126. The van der Waals surface area contributed by atoms with Gasteiger partial charge in [0.1, 0.15) is 0 Å². The molecule has 1 aliphatic rings. The van der Waals surface area contributed by atoms with E-state index in [9.17, 15) is 4.79 Å². The summed E-state index contributed by atoms with van der Waals surface area (Å²) in [6.45, 7) is 4.69. The predicted molar refractivity (Wildman–Crippen MR) is 68.3 cm³/mol. The average Bonchev–Trinajstić information content (AvgIpc) is 2.33. The molecule has 0 spiro atoms. The van der Waals surface area contributed by atoms with E-state index in [0.29, 0.717) is 18.8 Å². The van der Waals surface area contributed by atoms with Gasteiger partial charge in [0.25, 0.3) is 5.91 Å². The summed E-state index contributed by atoms with van der Waals surface area (Å²) in [5, 5.41) is 1.89. The molecule has 0 radical (unpaired) electrons. The van der Waals surface area contributed by atoms with Gasteiger partial charge in [-0.15, -0.1) is 12.6 Å². The average molecular weight is 252 g/mol. The number of morpholine rings is 1. The number of carbonyl (C=O) groups excluding carboxylic acids is 1. The number of hydrogen-bond donors (Lipinski definition) is 2. The number of carbonyl (C=O) groups is 1. The quantitative estimate of drug-likeness (QED) is 0.779. The standard InChI is InChI=1S/C12H16N2O2S/c1-9-2-3-10(17)8-11(9)12(15)13-14-4-6-16-7-5-14/h2-3,8,17H,4-7H2,1H3,(H,13,15). The molecule has 1 saturated heterocycles. The van der Waals surface area contributed by atoms with Gasteiger partial charge in [0.2, 0.25) is 0 Å². The second-order valence-electron chi connectivity index (χ2n) is 4.04. The van der Waals surface area contributed by atoms with Crippen LogP contribution in [0.2, 0.25) is 0 Å². The van der Waals surface area contributed by atoms with Crippen LogP contribution in [0.4, 0.5) is 0 Å². The van der Waals surface area contributed by atoms with E-state index in [0.717, 1.165) is 23.5 Å². The topological polar surface area (TPSA) is 41.6 Å². The summed E-state index contributed by atoms with van der Waals surface area (Å²) in [4.78, 5) is 12.9. The van der Waals surface area contributed by atoms with E-state index in [1.807, 2.05) is 24.1 Å². The molecule has 0 aliphatic carbocycles. The van der Waals surface area contributed by atoms with E-state index < -0.39 is 0 Å². The minimum Gasteiger partial charge on any atom is -0.379 e. The van der Waals surface area contributed by atoms with Gasteiger partial charge in [-0.3, -0.25) is 10.2 Å². The van der Waals surface area contributed by atoms with E-state index in [1.165, 1.54) is 0 Å². The highest BCUT2D eigenvalue weighted by Crippen LogP contribution is 2.14. The number of hydrazine groups is 1. The van der Waals surface area contributed by atoms with Gasteiger partial charge in [-0.1, -0.05) is 6.07 Å². The van der Waals surface area contributed by atoms with Crippen molar-refractivity contribution in [1.29, 1.82) is 0 Å². The van der Waals surface area contributed by atoms with Crippen LogP contribution in [-0.4, -0.2) is 37.2 Å². The monoisotopic (exact) mass is 252 g/mol. The molecular formula is C12H16N2O2S. The van der Waals surface area contributed by atoms with Crippen LogP contribution in [0.15, 0.2) is 23.1 Å². The zero-order valence-corrected chi connectivity index (χ0v) is 10.7. The Morgan fingerprint density at radius 1 is 1.41 bits per heavy atom. The number of nitrogens with one attached hydrogen (secondary N) is 1. The molecule has 1 amide bonds. The minimum absolute atomic E-state index is 0.0831. The third kappa shape index (κ3) is 3.21. The lowest BCUT2D eigenvalue weighted by atomic mass is 10.1. The van der Waals surface area contributed by atoms with Crippen molar-refractivity contribution in [2.24, 2.45) is 0 Å². The van der Waals surface area contributed by atoms with Crippen LogP contribution in [-0.2, 0) is 4.74 Å².